The number of nitrogens with zero attached hydrogens (tertiary/aromatic N) is 4. The molecule has 28 heavy (non-hydrogen) atoms. The molecule has 0 bridgehead atoms. The lowest BCUT2D eigenvalue weighted by molar-refractivity contribution is -0.137. The van der Waals surface area contributed by atoms with Gasteiger partial charge in [-0.1, -0.05) is 31.4 Å². The lowest BCUT2D eigenvalue weighted by Crippen LogP contribution is -2.36. The lowest BCUT2D eigenvalue weighted by atomic mass is 9.80. The molecule has 0 amide bonds. The first-order chi connectivity index (χ1) is 13.3. The van der Waals surface area contributed by atoms with Crippen LogP contribution in [0.3, 0.4) is 0 Å². The van der Waals surface area contributed by atoms with Crippen molar-refractivity contribution >= 4 is 17.3 Å². The van der Waals surface area contributed by atoms with Crippen molar-refractivity contribution in [3.8, 4) is 5.82 Å². The minimum absolute atomic E-state index is 0.00298. The molecule has 2 fully saturated rings. The average Bonchev–Trinajstić information content (AvgIpc) is 3.00. The summed E-state index contributed by atoms with van der Waals surface area (Å²) in [7, 11) is 0. The van der Waals surface area contributed by atoms with Crippen molar-refractivity contribution < 1.29 is 13.2 Å². The molecule has 0 N–H and O–H groups in total. The maximum absolute atomic E-state index is 12.7. The van der Waals surface area contributed by atoms with Gasteiger partial charge in [0.15, 0.2) is 5.82 Å². The minimum atomic E-state index is -4.49. The Morgan fingerprint density at radius 3 is 2.61 bits per heavy atom. The Morgan fingerprint density at radius 1 is 1.18 bits per heavy atom. The van der Waals surface area contributed by atoms with E-state index in [1.54, 1.807) is 0 Å². The van der Waals surface area contributed by atoms with Crippen LogP contribution in [-0.2, 0) is 6.18 Å². The number of hydrogen-bond donors (Lipinski definition) is 0. The predicted octanol–water partition coefficient (Wildman–Crippen LogP) is 4.31. The zero-order valence-corrected chi connectivity index (χ0v) is 16.0. The van der Waals surface area contributed by atoms with Crippen LogP contribution < -0.4 is 10.5 Å². The molecule has 1 aliphatic heterocycles. The van der Waals surface area contributed by atoms with Crippen molar-refractivity contribution in [2.75, 3.05) is 11.4 Å². The van der Waals surface area contributed by atoms with Crippen molar-refractivity contribution in [2.24, 2.45) is 11.8 Å². The van der Waals surface area contributed by atoms with Gasteiger partial charge in [-0.25, -0.2) is 4.98 Å². The molecule has 0 aromatic carbocycles. The van der Waals surface area contributed by atoms with Crippen LogP contribution in [0.5, 0.6) is 0 Å². The second-order valence-electron chi connectivity index (χ2n) is 7.61. The summed E-state index contributed by atoms with van der Waals surface area (Å²) in [6.45, 7) is 3.04. The molecule has 2 aromatic rings. The van der Waals surface area contributed by atoms with E-state index in [4.69, 9.17) is 11.6 Å². The number of rotatable bonds is 2. The Kier molecular flexibility index (Phi) is 4.85. The molecule has 0 spiro atoms. The van der Waals surface area contributed by atoms with Gasteiger partial charge in [0, 0.05) is 18.8 Å². The van der Waals surface area contributed by atoms with Gasteiger partial charge in [0.25, 0.3) is 5.56 Å². The third kappa shape index (κ3) is 3.27. The highest BCUT2D eigenvalue weighted by molar-refractivity contribution is 6.33. The normalized spacial score (nSPS) is 25.0. The van der Waals surface area contributed by atoms with Gasteiger partial charge >= 0.3 is 6.18 Å². The third-order valence-electron chi connectivity index (χ3n) is 5.90. The highest BCUT2D eigenvalue weighted by atomic mass is 35.5. The van der Waals surface area contributed by atoms with Gasteiger partial charge in [0.2, 0.25) is 0 Å². The molecule has 0 radical (unpaired) electrons. The SMILES string of the molecule is CC1CN(c2cnn(-c3ccc(C(F)(F)F)cn3)c(=O)c2Cl)C2CCCCC12. The second-order valence-corrected chi connectivity index (χ2v) is 7.99. The molecule has 9 heteroatoms. The number of fused-ring (bicyclic) bond motifs is 1. The number of pyridine rings is 1. The van der Waals surface area contributed by atoms with Crippen LogP contribution in [0.25, 0.3) is 5.82 Å². The fourth-order valence-electron chi connectivity index (χ4n) is 4.52. The van der Waals surface area contributed by atoms with Crippen molar-refractivity contribution in [1.82, 2.24) is 14.8 Å². The van der Waals surface area contributed by atoms with Gasteiger partial charge in [0.05, 0.1) is 17.4 Å². The number of aromatic nitrogens is 3. The van der Waals surface area contributed by atoms with Crippen LogP contribution >= 0.6 is 11.6 Å². The molecular weight excluding hydrogens is 393 g/mol. The monoisotopic (exact) mass is 412 g/mol. The van der Waals surface area contributed by atoms with Crippen LogP contribution in [0.1, 0.15) is 38.2 Å². The van der Waals surface area contributed by atoms with Crippen molar-refractivity contribution in [2.45, 2.75) is 44.8 Å². The van der Waals surface area contributed by atoms with E-state index in [-0.39, 0.29) is 10.8 Å². The maximum Gasteiger partial charge on any atom is 0.417 e. The molecule has 150 valence electrons. The first-order valence-corrected chi connectivity index (χ1v) is 9.73. The van der Waals surface area contributed by atoms with E-state index in [1.165, 1.54) is 19.0 Å². The van der Waals surface area contributed by atoms with Crippen LogP contribution in [0.2, 0.25) is 5.02 Å². The summed E-state index contributed by atoms with van der Waals surface area (Å²) in [6, 6.07) is 2.33. The molecular formula is C19H20ClF3N4O. The van der Waals surface area contributed by atoms with Crippen LogP contribution in [0.4, 0.5) is 18.9 Å². The smallest absolute Gasteiger partial charge is 0.365 e. The van der Waals surface area contributed by atoms with Gasteiger partial charge in [-0.05, 0) is 36.8 Å². The summed E-state index contributed by atoms with van der Waals surface area (Å²) >= 11 is 6.39. The fourth-order valence-corrected chi connectivity index (χ4v) is 4.75. The number of alkyl halides is 3. The summed E-state index contributed by atoms with van der Waals surface area (Å²) in [5, 5.41) is 4.17. The summed E-state index contributed by atoms with van der Waals surface area (Å²) < 4.78 is 39.1. The zero-order valence-electron chi connectivity index (χ0n) is 15.3. The lowest BCUT2D eigenvalue weighted by Gasteiger charge is -2.33. The highest BCUT2D eigenvalue weighted by Crippen LogP contribution is 2.42. The zero-order chi connectivity index (χ0) is 20.1. The van der Waals surface area contributed by atoms with E-state index in [9.17, 15) is 18.0 Å². The molecule has 2 aromatic heterocycles. The Hall–Kier alpha value is -2.09. The summed E-state index contributed by atoms with van der Waals surface area (Å²) in [6.07, 6.45) is 2.34. The molecule has 2 aliphatic rings. The number of anilines is 1. The molecule has 3 atom stereocenters. The van der Waals surface area contributed by atoms with Crippen LogP contribution in [0, 0.1) is 11.8 Å². The molecule has 1 saturated carbocycles. The van der Waals surface area contributed by atoms with Crippen molar-refractivity contribution in [1.29, 1.82) is 0 Å². The van der Waals surface area contributed by atoms with Crippen molar-refractivity contribution in [3.05, 3.63) is 45.5 Å². The highest BCUT2D eigenvalue weighted by Gasteiger charge is 2.41. The molecule has 3 unspecified atom stereocenters. The fraction of sp³-hybridized carbons (Fsp3) is 0.526. The van der Waals surface area contributed by atoms with E-state index in [1.807, 2.05) is 0 Å². The predicted molar refractivity (Wildman–Crippen MR) is 99.9 cm³/mol. The largest absolute Gasteiger partial charge is 0.417 e. The number of hydrogen-bond acceptors (Lipinski definition) is 4. The van der Waals surface area contributed by atoms with E-state index >= 15 is 0 Å². The quantitative estimate of drug-likeness (QED) is 0.737. The van der Waals surface area contributed by atoms with Gasteiger partial charge in [0.1, 0.15) is 5.02 Å². The van der Waals surface area contributed by atoms with Gasteiger partial charge < -0.3 is 4.90 Å². The van der Waals surface area contributed by atoms with Gasteiger partial charge in [-0.3, -0.25) is 4.79 Å². The Bertz CT molecular complexity index is 928. The molecule has 4 rings (SSSR count). The number of halogens is 4. The van der Waals surface area contributed by atoms with Crippen LogP contribution in [-0.4, -0.2) is 27.4 Å². The Balaban J connectivity index is 1.67. The molecule has 1 saturated heterocycles. The molecule has 5 nitrogen and oxygen atoms in total. The molecule has 1 aliphatic carbocycles. The minimum Gasteiger partial charge on any atom is -0.365 e. The van der Waals surface area contributed by atoms with Gasteiger partial charge in [-0.15, -0.1) is 0 Å². The second kappa shape index (κ2) is 7.06. The van der Waals surface area contributed by atoms with E-state index in [0.29, 0.717) is 29.8 Å². The van der Waals surface area contributed by atoms with Gasteiger partial charge in [-0.2, -0.15) is 23.0 Å². The Labute approximate surface area is 165 Å². The third-order valence-corrected chi connectivity index (χ3v) is 6.25. The van der Waals surface area contributed by atoms with E-state index in [0.717, 1.165) is 36.2 Å². The summed E-state index contributed by atoms with van der Waals surface area (Å²) in [4.78, 5) is 18.7. The summed E-state index contributed by atoms with van der Waals surface area (Å²) in [5.74, 6) is 1.10. The topological polar surface area (TPSA) is 51.0 Å². The standard InChI is InChI=1S/C19H20ClF3N4O/c1-11-10-26(14-5-3-2-4-13(11)14)15-9-25-27(18(28)17(15)20)16-7-6-12(8-24-16)19(21,22)23/h6-9,11,13-14H,2-5,10H2,1H3. The van der Waals surface area contributed by atoms with E-state index in [2.05, 4.69) is 21.9 Å². The maximum atomic E-state index is 12.7. The van der Waals surface area contributed by atoms with Crippen molar-refractivity contribution in [3.63, 3.8) is 0 Å². The first kappa shape index (κ1) is 19.2. The molecule has 3 heterocycles. The van der Waals surface area contributed by atoms with E-state index < -0.39 is 17.3 Å². The van der Waals surface area contributed by atoms with Crippen LogP contribution in [0.15, 0.2) is 29.3 Å². The first-order valence-electron chi connectivity index (χ1n) is 9.35. The summed E-state index contributed by atoms with van der Waals surface area (Å²) in [5.41, 5.74) is -0.879. The Morgan fingerprint density at radius 2 is 1.93 bits per heavy atom. The average molecular weight is 413 g/mol.